The van der Waals surface area contributed by atoms with Gasteiger partial charge < -0.3 is 20.4 Å². The SMILES string of the molecule is CNCC(=Cc1ccc(N)c(C)c1)B1OC(C)(C)C(C)(C)O1. The zero-order valence-electron chi connectivity index (χ0n) is 14.5. The van der Waals surface area contributed by atoms with E-state index in [0.717, 1.165) is 22.3 Å². The number of nitrogen functional groups attached to an aromatic ring is 1. The number of anilines is 1. The molecule has 3 N–H and O–H groups in total. The summed E-state index contributed by atoms with van der Waals surface area (Å²) in [5.74, 6) is 0. The maximum atomic E-state index is 6.15. The van der Waals surface area contributed by atoms with Crippen molar-refractivity contribution >= 4 is 18.9 Å². The number of aryl methyl sites for hydroxylation is 1. The molecule has 1 saturated heterocycles. The van der Waals surface area contributed by atoms with Crippen LogP contribution >= 0.6 is 0 Å². The van der Waals surface area contributed by atoms with Crippen LogP contribution in [0, 0.1) is 6.92 Å². The molecule has 0 aromatic heterocycles. The van der Waals surface area contributed by atoms with Gasteiger partial charge in [0.2, 0.25) is 0 Å². The summed E-state index contributed by atoms with van der Waals surface area (Å²) in [6.07, 6.45) is 2.12. The van der Waals surface area contributed by atoms with Crippen molar-refractivity contribution < 1.29 is 9.31 Å². The molecule has 1 fully saturated rings. The molecular formula is C17H27BN2O2. The Hall–Kier alpha value is -1.30. The molecule has 0 unspecified atom stereocenters. The highest BCUT2D eigenvalue weighted by molar-refractivity contribution is 6.55. The zero-order valence-corrected chi connectivity index (χ0v) is 14.5. The topological polar surface area (TPSA) is 56.5 Å². The van der Waals surface area contributed by atoms with Gasteiger partial charge in [-0.05, 0) is 64.3 Å². The number of nitrogens with two attached hydrogens (primary N) is 1. The van der Waals surface area contributed by atoms with Gasteiger partial charge in [0.25, 0.3) is 0 Å². The summed E-state index contributed by atoms with van der Waals surface area (Å²) >= 11 is 0. The van der Waals surface area contributed by atoms with Crippen molar-refractivity contribution in [2.24, 2.45) is 0 Å². The van der Waals surface area contributed by atoms with E-state index < -0.39 is 0 Å². The van der Waals surface area contributed by atoms with Gasteiger partial charge in [-0.15, -0.1) is 0 Å². The molecule has 0 bridgehead atoms. The maximum Gasteiger partial charge on any atom is 0.491 e. The molecule has 0 spiro atoms. The van der Waals surface area contributed by atoms with E-state index in [1.54, 1.807) is 0 Å². The van der Waals surface area contributed by atoms with E-state index in [9.17, 15) is 0 Å². The Morgan fingerprint density at radius 1 is 1.23 bits per heavy atom. The largest absolute Gasteiger partial charge is 0.491 e. The lowest BCUT2D eigenvalue weighted by Gasteiger charge is -2.32. The highest BCUT2D eigenvalue weighted by Gasteiger charge is 2.52. The molecule has 0 aliphatic carbocycles. The number of hydrogen-bond acceptors (Lipinski definition) is 4. The minimum absolute atomic E-state index is 0.332. The van der Waals surface area contributed by atoms with E-state index in [-0.39, 0.29) is 18.3 Å². The quantitative estimate of drug-likeness (QED) is 0.663. The summed E-state index contributed by atoms with van der Waals surface area (Å²) in [6.45, 7) is 11.0. The molecule has 0 radical (unpaired) electrons. The average Bonchev–Trinajstić information content (AvgIpc) is 2.62. The summed E-state index contributed by atoms with van der Waals surface area (Å²) < 4.78 is 12.3. The molecule has 1 aromatic rings. The van der Waals surface area contributed by atoms with Crippen molar-refractivity contribution in [1.82, 2.24) is 5.32 Å². The van der Waals surface area contributed by atoms with E-state index in [1.165, 1.54) is 0 Å². The fraction of sp³-hybridized carbons (Fsp3) is 0.529. The number of nitrogens with one attached hydrogen (secondary N) is 1. The van der Waals surface area contributed by atoms with Crippen molar-refractivity contribution in [1.29, 1.82) is 0 Å². The molecule has 120 valence electrons. The monoisotopic (exact) mass is 302 g/mol. The van der Waals surface area contributed by atoms with Crippen molar-refractivity contribution in [3.05, 3.63) is 34.8 Å². The van der Waals surface area contributed by atoms with Crippen molar-refractivity contribution in [2.75, 3.05) is 19.3 Å². The van der Waals surface area contributed by atoms with Crippen LogP contribution in [0.1, 0.15) is 38.8 Å². The summed E-state index contributed by atoms with van der Waals surface area (Å²) in [5, 5.41) is 3.19. The molecule has 0 saturated carbocycles. The van der Waals surface area contributed by atoms with Gasteiger partial charge in [0, 0.05) is 12.2 Å². The third kappa shape index (κ3) is 3.37. The third-order valence-corrected chi connectivity index (χ3v) is 4.58. The first-order valence-electron chi connectivity index (χ1n) is 7.73. The first kappa shape index (κ1) is 17.1. The molecular weight excluding hydrogens is 275 g/mol. The number of hydrogen-bond donors (Lipinski definition) is 2. The molecule has 1 aromatic carbocycles. The van der Waals surface area contributed by atoms with Crippen LogP contribution in [-0.4, -0.2) is 31.9 Å². The predicted molar refractivity (Wildman–Crippen MR) is 93.6 cm³/mol. The molecule has 1 aliphatic heterocycles. The molecule has 22 heavy (non-hydrogen) atoms. The van der Waals surface area contributed by atoms with Crippen molar-refractivity contribution in [2.45, 2.75) is 45.8 Å². The highest BCUT2D eigenvalue weighted by Crippen LogP contribution is 2.38. The van der Waals surface area contributed by atoms with Crippen LogP contribution in [0.4, 0.5) is 5.69 Å². The van der Waals surface area contributed by atoms with Crippen LogP contribution < -0.4 is 11.1 Å². The van der Waals surface area contributed by atoms with Crippen LogP contribution in [0.25, 0.3) is 6.08 Å². The lowest BCUT2D eigenvalue weighted by atomic mass is 9.77. The molecule has 5 heteroatoms. The van der Waals surface area contributed by atoms with E-state index in [4.69, 9.17) is 15.0 Å². The van der Waals surface area contributed by atoms with E-state index in [2.05, 4.69) is 45.2 Å². The molecule has 1 aliphatic rings. The first-order valence-corrected chi connectivity index (χ1v) is 7.73. The molecule has 0 atom stereocenters. The summed E-state index contributed by atoms with van der Waals surface area (Å²) in [7, 11) is 1.59. The summed E-state index contributed by atoms with van der Waals surface area (Å²) in [5.41, 5.74) is 9.29. The summed E-state index contributed by atoms with van der Waals surface area (Å²) in [4.78, 5) is 0. The Morgan fingerprint density at radius 3 is 2.32 bits per heavy atom. The van der Waals surface area contributed by atoms with Gasteiger partial charge in [-0.1, -0.05) is 18.2 Å². The second kappa shape index (κ2) is 6.07. The normalized spacial score (nSPS) is 20.5. The fourth-order valence-electron chi connectivity index (χ4n) is 2.40. The van der Waals surface area contributed by atoms with E-state index >= 15 is 0 Å². The fourth-order valence-corrected chi connectivity index (χ4v) is 2.40. The maximum absolute atomic E-state index is 6.15. The highest BCUT2D eigenvalue weighted by atomic mass is 16.7. The van der Waals surface area contributed by atoms with Gasteiger partial charge in [0.05, 0.1) is 11.2 Å². The lowest BCUT2D eigenvalue weighted by Crippen LogP contribution is -2.41. The standard InChI is InChI=1S/C17H27BN2O2/c1-12-9-13(7-8-15(12)19)10-14(11-20-6)18-21-16(2,3)17(4,5)22-18/h7-10,20H,11,19H2,1-6H3. The minimum atomic E-state index is -0.338. The van der Waals surface area contributed by atoms with Crippen LogP contribution in [0.5, 0.6) is 0 Å². The number of benzene rings is 1. The summed E-state index contributed by atoms with van der Waals surface area (Å²) in [6, 6.07) is 6.03. The van der Waals surface area contributed by atoms with Gasteiger partial charge >= 0.3 is 7.12 Å². The minimum Gasteiger partial charge on any atom is -0.400 e. The second-order valence-electron chi connectivity index (χ2n) is 6.95. The second-order valence-corrected chi connectivity index (χ2v) is 6.95. The van der Waals surface area contributed by atoms with Crippen LogP contribution in [0.15, 0.2) is 23.7 Å². The Morgan fingerprint density at radius 2 is 1.82 bits per heavy atom. The molecule has 0 amide bonds. The van der Waals surface area contributed by atoms with Crippen LogP contribution in [0.3, 0.4) is 0 Å². The van der Waals surface area contributed by atoms with Crippen molar-refractivity contribution in [3.63, 3.8) is 0 Å². The van der Waals surface area contributed by atoms with Gasteiger partial charge in [-0.2, -0.15) is 0 Å². The molecule has 4 nitrogen and oxygen atoms in total. The number of rotatable bonds is 4. The van der Waals surface area contributed by atoms with Gasteiger partial charge in [0.15, 0.2) is 0 Å². The van der Waals surface area contributed by atoms with Gasteiger partial charge in [-0.25, -0.2) is 0 Å². The van der Waals surface area contributed by atoms with E-state index in [1.807, 2.05) is 26.1 Å². The Balaban J connectivity index is 2.31. The van der Waals surface area contributed by atoms with Gasteiger partial charge in [-0.3, -0.25) is 0 Å². The molecule has 2 rings (SSSR count). The first-order chi connectivity index (χ1) is 10.2. The Bertz CT molecular complexity index is 566. The predicted octanol–water partition coefficient (Wildman–Crippen LogP) is 2.81. The third-order valence-electron chi connectivity index (χ3n) is 4.58. The zero-order chi connectivity index (χ0) is 16.5. The van der Waals surface area contributed by atoms with Gasteiger partial charge in [0.1, 0.15) is 0 Å². The van der Waals surface area contributed by atoms with Crippen LogP contribution in [0.2, 0.25) is 0 Å². The Labute approximate surface area is 134 Å². The lowest BCUT2D eigenvalue weighted by molar-refractivity contribution is 0.00578. The number of likely N-dealkylation sites (N-methyl/N-ethyl adjacent to an activating group) is 1. The van der Waals surface area contributed by atoms with Crippen molar-refractivity contribution in [3.8, 4) is 0 Å². The van der Waals surface area contributed by atoms with Crippen LogP contribution in [-0.2, 0) is 9.31 Å². The Kier molecular flexibility index (Phi) is 4.71. The van der Waals surface area contributed by atoms with E-state index in [0.29, 0.717) is 6.54 Å². The average molecular weight is 302 g/mol. The molecule has 1 heterocycles. The smallest absolute Gasteiger partial charge is 0.400 e.